The molecule has 1 aromatic heterocycles. The van der Waals surface area contributed by atoms with E-state index in [2.05, 4.69) is 0 Å². The molecule has 180 valence electrons. The van der Waals surface area contributed by atoms with Crippen LogP contribution in [-0.2, 0) is 11.3 Å². The van der Waals surface area contributed by atoms with Crippen molar-refractivity contribution in [2.45, 2.75) is 25.0 Å². The Morgan fingerprint density at radius 1 is 1.06 bits per heavy atom. The van der Waals surface area contributed by atoms with Crippen LogP contribution in [0.2, 0.25) is 0 Å². The summed E-state index contributed by atoms with van der Waals surface area (Å²) < 4.78 is 26.5. The number of halogens is 1. The largest absolute Gasteiger partial charge is 0.493 e. The second-order valence-electron chi connectivity index (χ2n) is 8.57. The number of rotatable bonds is 8. The van der Waals surface area contributed by atoms with Gasteiger partial charge in [-0.15, -0.1) is 0 Å². The third-order valence-corrected chi connectivity index (χ3v) is 6.21. The summed E-state index contributed by atoms with van der Waals surface area (Å²) in [5, 5.41) is 10.9. The maximum absolute atomic E-state index is 13.4. The van der Waals surface area contributed by atoms with Crippen molar-refractivity contribution < 1.29 is 23.8 Å². The Labute approximate surface area is 202 Å². The highest BCUT2D eigenvalue weighted by molar-refractivity contribution is 5.96. The molecule has 1 aliphatic rings. The molecular weight excluding hydrogens is 449 g/mol. The Balaban J connectivity index is 1.37. The molecule has 2 atom stereocenters. The SMILES string of the molecule is COc1ccccc1OC[C@@H](O)Cn1c([C@@H]2CC(=O)N(c3ccc(F)cc3)C2)nc2ccccc21. The number of anilines is 1. The molecule has 8 heteroatoms. The van der Waals surface area contributed by atoms with Crippen LogP contribution in [0.25, 0.3) is 11.0 Å². The minimum atomic E-state index is -0.818. The Morgan fingerprint density at radius 2 is 1.77 bits per heavy atom. The molecule has 0 spiro atoms. The van der Waals surface area contributed by atoms with Crippen molar-refractivity contribution in [3.05, 3.63) is 84.4 Å². The quantitative estimate of drug-likeness (QED) is 0.415. The second-order valence-corrected chi connectivity index (χ2v) is 8.57. The molecule has 1 amide bonds. The van der Waals surface area contributed by atoms with Crippen LogP contribution < -0.4 is 14.4 Å². The summed E-state index contributed by atoms with van der Waals surface area (Å²) >= 11 is 0. The maximum atomic E-state index is 13.4. The van der Waals surface area contributed by atoms with Crippen molar-refractivity contribution in [3.63, 3.8) is 0 Å². The van der Waals surface area contributed by atoms with Gasteiger partial charge in [0.15, 0.2) is 11.5 Å². The van der Waals surface area contributed by atoms with Crippen LogP contribution in [-0.4, -0.2) is 46.9 Å². The third-order valence-electron chi connectivity index (χ3n) is 6.21. The summed E-state index contributed by atoms with van der Waals surface area (Å²) in [6, 6.07) is 20.9. The number of benzene rings is 3. The van der Waals surface area contributed by atoms with Gasteiger partial charge in [-0.05, 0) is 48.5 Å². The number of fused-ring (bicyclic) bond motifs is 1. The molecule has 0 saturated carbocycles. The number of hydrogen-bond acceptors (Lipinski definition) is 5. The van der Waals surface area contributed by atoms with E-state index >= 15 is 0 Å². The number of ether oxygens (including phenoxy) is 2. The lowest BCUT2D eigenvalue weighted by Gasteiger charge is -2.19. The average molecular weight is 476 g/mol. The van der Waals surface area contributed by atoms with E-state index in [-0.39, 0.29) is 37.2 Å². The van der Waals surface area contributed by atoms with Gasteiger partial charge in [0, 0.05) is 24.6 Å². The van der Waals surface area contributed by atoms with Crippen LogP contribution in [0.3, 0.4) is 0 Å². The Kier molecular flexibility index (Phi) is 6.37. The molecule has 5 rings (SSSR count). The van der Waals surface area contributed by atoms with Gasteiger partial charge in [0.05, 0.1) is 24.7 Å². The summed E-state index contributed by atoms with van der Waals surface area (Å²) in [4.78, 5) is 19.3. The van der Waals surface area contributed by atoms with Crippen molar-refractivity contribution in [1.29, 1.82) is 0 Å². The smallest absolute Gasteiger partial charge is 0.227 e. The zero-order valence-corrected chi connectivity index (χ0v) is 19.3. The van der Waals surface area contributed by atoms with E-state index in [9.17, 15) is 14.3 Å². The van der Waals surface area contributed by atoms with Crippen LogP contribution in [0.1, 0.15) is 18.2 Å². The van der Waals surface area contributed by atoms with Crippen LogP contribution >= 0.6 is 0 Å². The number of imidazole rings is 1. The molecule has 0 bridgehead atoms. The molecule has 7 nitrogen and oxygen atoms in total. The number of methoxy groups -OCH3 is 1. The predicted octanol–water partition coefficient (Wildman–Crippen LogP) is 4.14. The Hall–Kier alpha value is -3.91. The number of nitrogens with zero attached hydrogens (tertiary/aromatic N) is 3. The van der Waals surface area contributed by atoms with Gasteiger partial charge in [0.1, 0.15) is 24.4 Å². The normalized spacial score (nSPS) is 16.6. The first-order chi connectivity index (χ1) is 17.0. The van der Waals surface area contributed by atoms with Crippen molar-refractivity contribution in [3.8, 4) is 11.5 Å². The van der Waals surface area contributed by atoms with Crippen molar-refractivity contribution >= 4 is 22.6 Å². The molecule has 1 aliphatic heterocycles. The van der Waals surface area contributed by atoms with Crippen LogP contribution in [0, 0.1) is 5.82 Å². The van der Waals surface area contributed by atoms with Crippen molar-refractivity contribution in [1.82, 2.24) is 9.55 Å². The highest BCUT2D eigenvalue weighted by Gasteiger charge is 2.35. The summed E-state index contributed by atoms with van der Waals surface area (Å²) in [5.74, 6) is 1.34. The van der Waals surface area contributed by atoms with E-state index in [0.29, 0.717) is 23.7 Å². The Morgan fingerprint density at radius 3 is 2.54 bits per heavy atom. The van der Waals surface area contributed by atoms with Gasteiger partial charge < -0.3 is 24.0 Å². The van der Waals surface area contributed by atoms with Gasteiger partial charge in [-0.1, -0.05) is 24.3 Å². The number of para-hydroxylation sites is 4. The summed E-state index contributed by atoms with van der Waals surface area (Å²) in [5.41, 5.74) is 2.34. The van der Waals surface area contributed by atoms with Crippen LogP contribution in [0.4, 0.5) is 10.1 Å². The standard InChI is InChI=1S/C27H26FN3O4/c1-34-24-8-4-5-9-25(24)35-17-21(32)16-31-23-7-3-2-6-22(23)29-27(31)18-14-26(33)30(15-18)20-12-10-19(28)11-13-20/h2-13,18,21,32H,14-17H2,1H3/t18-,21+/m1/s1. The molecular formula is C27H26FN3O4. The minimum absolute atomic E-state index is 0.0414. The van der Waals surface area contributed by atoms with E-state index in [1.165, 1.54) is 12.1 Å². The summed E-state index contributed by atoms with van der Waals surface area (Å²) in [7, 11) is 1.57. The lowest BCUT2D eigenvalue weighted by Crippen LogP contribution is -2.26. The third kappa shape index (κ3) is 4.70. The Bertz CT molecular complexity index is 1340. The second kappa shape index (κ2) is 9.76. The highest BCUT2D eigenvalue weighted by Crippen LogP contribution is 2.33. The van der Waals surface area contributed by atoms with E-state index in [1.807, 2.05) is 41.0 Å². The molecule has 1 fully saturated rings. The summed E-state index contributed by atoms with van der Waals surface area (Å²) in [6.07, 6.45) is -0.532. The van der Waals surface area contributed by atoms with Crippen molar-refractivity contribution in [2.24, 2.45) is 0 Å². The van der Waals surface area contributed by atoms with Crippen LogP contribution in [0.5, 0.6) is 11.5 Å². The lowest BCUT2D eigenvalue weighted by atomic mass is 10.1. The molecule has 1 saturated heterocycles. The van der Waals surface area contributed by atoms with E-state index in [1.54, 1.807) is 36.3 Å². The zero-order valence-electron chi connectivity index (χ0n) is 19.3. The van der Waals surface area contributed by atoms with Gasteiger partial charge in [-0.2, -0.15) is 0 Å². The minimum Gasteiger partial charge on any atom is -0.493 e. The number of hydrogen-bond donors (Lipinski definition) is 1. The number of carbonyl (C=O) groups excluding carboxylic acids is 1. The molecule has 0 aliphatic carbocycles. The fourth-order valence-corrected chi connectivity index (χ4v) is 4.54. The van der Waals surface area contributed by atoms with E-state index in [4.69, 9.17) is 14.5 Å². The average Bonchev–Trinajstić information content (AvgIpc) is 3.44. The van der Waals surface area contributed by atoms with E-state index in [0.717, 1.165) is 16.9 Å². The molecule has 0 radical (unpaired) electrons. The molecule has 2 heterocycles. The topological polar surface area (TPSA) is 76.8 Å². The number of amides is 1. The van der Waals surface area contributed by atoms with Gasteiger partial charge in [0.25, 0.3) is 0 Å². The molecule has 0 unspecified atom stereocenters. The first kappa shape index (κ1) is 22.9. The monoisotopic (exact) mass is 475 g/mol. The maximum Gasteiger partial charge on any atom is 0.227 e. The lowest BCUT2D eigenvalue weighted by molar-refractivity contribution is -0.117. The highest BCUT2D eigenvalue weighted by atomic mass is 19.1. The fourth-order valence-electron chi connectivity index (χ4n) is 4.54. The number of carbonyl (C=O) groups is 1. The van der Waals surface area contributed by atoms with E-state index < -0.39 is 6.10 Å². The first-order valence-electron chi connectivity index (χ1n) is 11.5. The van der Waals surface area contributed by atoms with Gasteiger partial charge in [0.2, 0.25) is 5.91 Å². The summed E-state index contributed by atoms with van der Waals surface area (Å²) in [6.45, 7) is 0.755. The number of aliphatic hydroxyl groups is 1. The van der Waals surface area contributed by atoms with Gasteiger partial charge in [-0.3, -0.25) is 4.79 Å². The number of aliphatic hydroxyl groups excluding tert-OH is 1. The predicted molar refractivity (Wildman–Crippen MR) is 130 cm³/mol. The molecule has 3 aromatic carbocycles. The molecule has 1 N–H and O–H groups in total. The van der Waals surface area contributed by atoms with Crippen LogP contribution in [0.15, 0.2) is 72.8 Å². The molecule has 35 heavy (non-hydrogen) atoms. The van der Waals surface area contributed by atoms with Gasteiger partial charge >= 0.3 is 0 Å². The number of aromatic nitrogens is 2. The molecule has 4 aromatic rings. The van der Waals surface area contributed by atoms with Crippen molar-refractivity contribution in [2.75, 3.05) is 25.2 Å². The zero-order chi connectivity index (χ0) is 24.4. The first-order valence-corrected chi connectivity index (χ1v) is 11.5. The fraction of sp³-hybridized carbons (Fsp3) is 0.259. The van der Waals surface area contributed by atoms with Gasteiger partial charge in [-0.25, -0.2) is 9.37 Å².